The summed E-state index contributed by atoms with van der Waals surface area (Å²) < 4.78 is 19.1. The van der Waals surface area contributed by atoms with Crippen molar-refractivity contribution in [3.05, 3.63) is 94.5 Å². The fraction of sp³-hybridized carbons (Fsp3) is 0.0870. The zero-order valence-electron chi connectivity index (χ0n) is 16.3. The van der Waals surface area contributed by atoms with Crippen LogP contribution in [0.4, 0.5) is 10.1 Å². The lowest BCUT2D eigenvalue weighted by Crippen LogP contribution is -2.29. The van der Waals surface area contributed by atoms with Gasteiger partial charge in [-0.05, 0) is 60.2 Å². The number of nitrogens with zero attached hydrogens (tertiary/aromatic N) is 2. The molecule has 1 fully saturated rings. The highest BCUT2D eigenvalue weighted by atomic mass is 35.5. The van der Waals surface area contributed by atoms with Gasteiger partial charge in [-0.2, -0.15) is 0 Å². The van der Waals surface area contributed by atoms with Gasteiger partial charge in [0, 0.05) is 23.1 Å². The number of hydrogen-bond acceptors (Lipinski definition) is 5. The Morgan fingerprint density at radius 3 is 2.42 bits per heavy atom. The molecule has 0 aliphatic carbocycles. The third-order valence-electron chi connectivity index (χ3n) is 4.99. The van der Waals surface area contributed by atoms with E-state index in [2.05, 4.69) is 4.98 Å². The first-order chi connectivity index (χ1) is 14.9. The maximum absolute atomic E-state index is 13.9. The van der Waals surface area contributed by atoms with Gasteiger partial charge in [0.2, 0.25) is 0 Å². The average Bonchev–Trinajstić information content (AvgIpc) is 3.05. The van der Waals surface area contributed by atoms with E-state index in [1.165, 1.54) is 36.5 Å². The average molecular weight is 439 g/mol. The number of benzene rings is 2. The van der Waals surface area contributed by atoms with E-state index in [1.807, 2.05) is 0 Å². The molecule has 1 aromatic heterocycles. The molecule has 3 aromatic rings. The van der Waals surface area contributed by atoms with Crippen LogP contribution in [-0.4, -0.2) is 28.9 Å². The molecule has 0 spiro atoms. The molecule has 1 aliphatic rings. The van der Waals surface area contributed by atoms with Crippen molar-refractivity contribution < 1.29 is 23.8 Å². The largest absolute Gasteiger partial charge is 0.507 e. The standard InChI is InChI=1S/C23H16ClFN2O4/c1-31-18-7-4-15(25)12-17(18)21(28)19-20(13-8-10-26-11-9-13)27(23(30)22(19)29)16-5-2-14(24)3-6-16/h2-12,20,28H,1H3/b21-19+. The molecule has 2 heterocycles. The molecule has 0 bridgehead atoms. The van der Waals surface area contributed by atoms with Crippen molar-refractivity contribution in [3.8, 4) is 5.75 Å². The van der Waals surface area contributed by atoms with Gasteiger partial charge in [-0.25, -0.2) is 4.39 Å². The van der Waals surface area contributed by atoms with E-state index in [-0.39, 0.29) is 16.9 Å². The van der Waals surface area contributed by atoms with E-state index in [0.717, 1.165) is 6.07 Å². The Morgan fingerprint density at radius 1 is 1.10 bits per heavy atom. The van der Waals surface area contributed by atoms with Crippen LogP contribution < -0.4 is 9.64 Å². The van der Waals surface area contributed by atoms with Crippen molar-refractivity contribution in [3.63, 3.8) is 0 Å². The molecular weight excluding hydrogens is 423 g/mol. The summed E-state index contributed by atoms with van der Waals surface area (Å²) in [5, 5.41) is 11.5. The summed E-state index contributed by atoms with van der Waals surface area (Å²) in [4.78, 5) is 31.3. The summed E-state index contributed by atoms with van der Waals surface area (Å²) in [6.07, 6.45) is 3.03. The number of hydrogen-bond donors (Lipinski definition) is 1. The zero-order valence-corrected chi connectivity index (χ0v) is 17.0. The van der Waals surface area contributed by atoms with Crippen LogP contribution in [0.2, 0.25) is 5.02 Å². The fourth-order valence-electron chi connectivity index (χ4n) is 3.57. The third kappa shape index (κ3) is 3.64. The van der Waals surface area contributed by atoms with Gasteiger partial charge in [-0.3, -0.25) is 19.5 Å². The lowest BCUT2D eigenvalue weighted by molar-refractivity contribution is -0.132. The number of amides is 1. The lowest BCUT2D eigenvalue weighted by atomic mass is 9.95. The monoisotopic (exact) mass is 438 g/mol. The second kappa shape index (κ2) is 8.20. The first-order valence-electron chi connectivity index (χ1n) is 9.22. The van der Waals surface area contributed by atoms with Crippen molar-refractivity contribution in [1.82, 2.24) is 4.98 Å². The summed E-state index contributed by atoms with van der Waals surface area (Å²) in [7, 11) is 1.36. The van der Waals surface area contributed by atoms with Gasteiger partial charge in [0.1, 0.15) is 17.3 Å². The van der Waals surface area contributed by atoms with Crippen LogP contribution in [0, 0.1) is 5.82 Å². The zero-order chi connectivity index (χ0) is 22.1. The molecule has 31 heavy (non-hydrogen) atoms. The molecule has 1 amide bonds. The van der Waals surface area contributed by atoms with Gasteiger partial charge < -0.3 is 9.84 Å². The minimum absolute atomic E-state index is 0.0318. The number of anilines is 1. The van der Waals surface area contributed by atoms with E-state index in [9.17, 15) is 19.1 Å². The number of halogens is 2. The van der Waals surface area contributed by atoms with Crippen LogP contribution >= 0.6 is 11.6 Å². The number of aliphatic hydroxyl groups excluding tert-OH is 1. The smallest absolute Gasteiger partial charge is 0.300 e. The molecule has 0 saturated carbocycles. The van der Waals surface area contributed by atoms with Gasteiger partial charge in [-0.15, -0.1) is 0 Å². The molecule has 1 aliphatic heterocycles. The first kappa shape index (κ1) is 20.6. The van der Waals surface area contributed by atoms with Crippen molar-refractivity contribution in [2.24, 2.45) is 0 Å². The molecule has 1 unspecified atom stereocenters. The maximum atomic E-state index is 13.9. The number of ether oxygens (including phenoxy) is 1. The minimum Gasteiger partial charge on any atom is -0.507 e. The summed E-state index contributed by atoms with van der Waals surface area (Å²) >= 11 is 5.97. The van der Waals surface area contributed by atoms with E-state index in [1.54, 1.807) is 36.4 Å². The van der Waals surface area contributed by atoms with E-state index in [4.69, 9.17) is 16.3 Å². The number of aliphatic hydroxyl groups is 1. The fourth-order valence-corrected chi connectivity index (χ4v) is 3.70. The highest BCUT2D eigenvalue weighted by molar-refractivity contribution is 6.51. The Labute approximate surface area is 182 Å². The second-order valence-corrected chi connectivity index (χ2v) is 7.21. The van der Waals surface area contributed by atoms with E-state index < -0.39 is 29.3 Å². The van der Waals surface area contributed by atoms with Crippen molar-refractivity contribution in [1.29, 1.82) is 0 Å². The topological polar surface area (TPSA) is 79.7 Å². The molecule has 8 heteroatoms. The molecule has 0 radical (unpaired) electrons. The minimum atomic E-state index is -0.961. The Morgan fingerprint density at radius 2 is 1.77 bits per heavy atom. The SMILES string of the molecule is COc1ccc(F)cc1/C(O)=C1\C(=O)C(=O)N(c2ccc(Cl)cc2)C1c1ccncc1. The Kier molecular flexibility index (Phi) is 5.44. The van der Waals surface area contributed by atoms with Crippen LogP contribution in [0.5, 0.6) is 5.75 Å². The molecule has 4 rings (SSSR count). The summed E-state index contributed by atoms with van der Waals surface area (Å²) in [5.74, 6) is -2.74. The number of ketones is 1. The summed E-state index contributed by atoms with van der Waals surface area (Å²) in [5.41, 5.74) is 0.741. The van der Waals surface area contributed by atoms with Gasteiger partial charge in [0.15, 0.2) is 0 Å². The highest BCUT2D eigenvalue weighted by Gasteiger charge is 2.47. The number of methoxy groups -OCH3 is 1. The van der Waals surface area contributed by atoms with Gasteiger partial charge in [-0.1, -0.05) is 11.6 Å². The van der Waals surface area contributed by atoms with Crippen molar-refractivity contribution >= 4 is 34.7 Å². The third-order valence-corrected chi connectivity index (χ3v) is 5.24. The molecular formula is C23H16ClFN2O4. The summed E-state index contributed by atoms with van der Waals surface area (Å²) in [6, 6.07) is 12.2. The van der Waals surface area contributed by atoms with Crippen LogP contribution in [-0.2, 0) is 9.59 Å². The number of rotatable bonds is 4. The molecule has 1 atom stereocenters. The number of carbonyl (C=O) groups is 2. The predicted octanol–water partition coefficient (Wildman–Crippen LogP) is 4.51. The van der Waals surface area contributed by atoms with Crippen LogP contribution in [0.3, 0.4) is 0 Å². The van der Waals surface area contributed by atoms with E-state index in [0.29, 0.717) is 16.3 Å². The number of pyridine rings is 1. The number of Topliss-reactive ketones (excluding diaryl/α,β-unsaturated/α-hetero) is 1. The molecule has 1 saturated heterocycles. The molecule has 156 valence electrons. The normalized spacial score (nSPS) is 17.8. The Balaban J connectivity index is 1.97. The van der Waals surface area contributed by atoms with Crippen molar-refractivity contribution in [2.75, 3.05) is 12.0 Å². The van der Waals surface area contributed by atoms with Crippen LogP contribution in [0.15, 0.2) is 72.6 Å². The maximum Gasteiger partial charge on any atom is 0.300 e. The van der Waals surface area contributed by atoms with E-state index >= 15 is 0 Å². The quantitative estimate of drug-likeness (QED) is 0.368. The summed E-state index contributed by atoms with van der Waals surface area (Å²) in [6.45, 7) is 0. The van der Waals surface area contributed by atoms with Gasteiger partial charge >= 0.3 is 0 Å². The van der Waals surface area contributed by atoms with Gasteiger partial charge in [0.05, 0.1) is 24.3 Å². The Bertz CT molecular complexity index is 1200. The molecule has 2 aromatic carbocycles. The molecule has 1 N–H and O–H groups in total. The Hall–Kier alpha value is -3.71. The predicted molar refractivity (Wildman–Crippen MR) is 113 cm³/mol. The van der Waals surface area contributed by atoms with Crippen LogP contribution in [0.1, 0.15) is 17.2 Å². The number of aromatic nitrogens is 1. The first-order valence-corrected chi connectivity index (χ1v) is 9.60. The number of carbonyl (C=O) groups excluding carboxylic acids is 2. The lowest BCUT2D eigenvalue weighted by Gasteiger charge is -2.25. The van der Waals surface area contributed by atoms with Crippen molar-refractivity contribution in [2.45, 2.75) is 6.04 Å². The van der Waals surface area contributed by atoms with Gasteiger partial charge in [0.25, 0.3) is 11.7 Å². The second-order valence-electron chi connectivity index (χ2n) is 6.77. The van der Waals surface area contributed by atoms with Crippen LogP contribution in [0.25, 0.3) is 5.76 Å². The highest BCUT2D eigenvalue weighted by Crippen LogP contribution is 2.43. The molecule has 6 nitrogen and oxygen atoms in total.